The first-order chi connectivity index (χ1) is 14.7. The van der Waals surface area contributed by atoms with Gasteiger partial charge in [0, 0.05) is 13.5 Å². The van der Waals surface area contributed by atoms with E-state index < -0.39 is 5.97 Å². The molecule has 0 unspecified atom stereocenters. The number of hydrogen-bond donors (Lipinski definition) is 4. The van der Waals surface area contributed by atoms with Gasteiger partial charge in [-0.3, -0.25) is 15.1 Å². The minimum atomic E-state index is -0.833. The standard InChI is InChI=1S/C22H37N5.C2H4O2/c1-5-6-7-8-9-10-11-16-23-20-25-21(27-22(3,4)26-20)24-17-19-14-12-18(2)13-15-19;1-2(3)4/h12-15H,5-11,16-17H2,1-4H3,(H3,23,24,25,26,27);1H3,(H,3,4). The molecule has 0 saturated carbocycles. The number of unbranched alkanes of at least 4 members (excludes halogenated alkanes) is 6. The fourth-order valence-corrected chi connectivity index (χ4v) is 3.08. The second-order valence-corrected chi connectivity index (χ2v) is 8.52. The second kappa shape index (κ2) is 14.4. The third-order valence-corrected chi connectivity index (χ3v) is 4.67. The topological polar surface area (TPSA) is 98.1 Å². The number of benzene rings is 1. The van der Waals surface area contributed by atoms with Gasteiger partial charge in [0.05, 0.1) is 6.54 Å². The summed E-state index contributed by atoms with van der Waals surface area (Å²) in [6.07, 6.45) is 9.12. The normalized spacial score (nSPS) is 17.2. The zero-order chi connectivity index (χ0) is 23.1. The quantitative estimate of drug-likeness (QED) is 0.407. The lowest BCUT2D eigenvalue weighted by Gasteiger charge is -2.36. The summed E-state index contributed by atoms with van der Waals surface area (Å²) in [6.45, 7) is 11.1. The molecule has 1 heterocycles. The molecule has 0 radical (unpaired) electrons. The predicted octanol–water partition coefficient (Wildman–Crippen LogP) is 4.57. The molecule has 174 valence electrons. The van der Waals surface area contributed by atoms with E-state index in [2.05, 4.69) is 72.9 Å². The average Bonchev–Trinajstić information content (AvgIpc) is 2.68. The molecular formula is C24H41N5O2. The van der Waals surface area contributed by atoms with E-state index in [4.69, 9.17) is 14.9 Å². The van der Waals surface area contributed by atoms with Crippen LogP contribution in [-0.4, -0.2) is 35.2 Å². The van der Waals surface area contributed by atoms with E-state index in [1.807, 2.05) is 0 Å². The average molecular weight is 432 g/mol. The molecule has 0 aliphatic carbocycles. The van der Waals surface area contributed by atoms with Gasteiger partial charge in [0.15, 0.2) is 11.9 Å². The number of nitrogens with zero attached hydrogens (tertiary/aromatic N) is 2. The number of carbonyl (C=O) groups is 1. The lowest BCUT2D eigenvalue weighted by molar-refractivity contribution is -0.134. The van der Waals surface area contributed by atoms with Crippen LogP contribution in [0.2, 0.25) is 0 Å². The van der Waals surface area contributed by atoms with Crippen molar-refractivity contribution in [2.75, 3.05) is 6.54 Å². The highest BCUT2D eigenvalue weighted by atomic mass is 16.4. The maximum atomic E-state index is 9.00. The van der Waals surface area contributed by atoms with E-state index in [9.17, 15) is 0 Å². The Morgan fingerprint density at radius 3 is 2.03 bits per heavy atom. The highest BCUT2D eigenvalue weighted by molar-refractivity contribution is 6.01. The molecule has 0 atom stereocenters. The SMILES string of the molecule is CC(=O)O.CCCCCCCCCN=C1NC(=NCc2ccc(C)cc2)NC(C)(C)N1. The number of aryl methyl sites for hydroxylation is 1. The summed E-state index contributed by atoms with van der Waals surface area (Å²) in [7, 11) is 0. The van der Waals surface area contributed by atoms with Crippen molar-refractivity contribution in [1.29, 1.82) is 0 Å². The fourth-order valence-electron chi connectivity index (χ4n) is 3.08. The lowest BCUT2D eigenvalue weighted by atomic mass is 10.1. The molecule has 0 bridgehead atoms. The van der Waals surface area contributed by atoms with Gasteiger partial charge in [-0.05, 0) is 32.8 Å². The molecule has 0 aromatic heterocycles. The van der Waals surface area contributed by atoms with Gasteiger partial charge in [0.1, 0.15) is 5.66 Å². The summed E-state index contributed by atoms with van der Waals surface area (Å²) in [5.74, 6) is 0.755. The van der Waals surface area contributed by atoms with E-state index in [1.165, 1.54) is 49.7 Å². The molecule has 7 nitrogen and oxygen atoms in total. The van der Waals surface area contributed by atoms with E-state index in [-0.39, 0.29) is 5.66 Å². The minimum absolute atomic E-state index is 0.268. The fraction of sp³-hybridized carbons (Fsp3) is 0.625. The van der Waals surface area contributed by atoms with Gasteiger partial charge in [-0.15, -0.1) is 0 Å². The maximum absolute atomic E-state index is 9.00. The van der Waals surface area contributed by atoms with E-state index in [0.717, 1.165) is 31.8 Å². The van der Waals surface area contributed by atoms with Gasteiger partial charge >= 0.3 is 0 Å². The van der Waals surface area contributed by atoms with Gasteiger partial charge in [0.25, 0.3) is 5.97 Å². The van der Waals surface area contributed by atoms with Gasteiger partial charge in [-0.25, -0.2) is 4.99 Å². The number of carboxylic acids is 1. The van der Waals surface area contributed by atoms with Crippen LogP contribution in [0.4, 0.5) is 0 Å². The summed E-state index contributed by atoms with van der Waals surface area (Å²) in [6, 6.07) is 8.50. The molecule has 4 N–H and O–H groups in total. The van der Waals surface area contributed by atoms with Crippen molar-refractivity contribution in [1.82, 2.24) is 16.0 Å². The van der Waals surface area contributed by atoms with Crippen molar-refractivity contribution in [3.63, 3.8) is 0 Å². The van der Waals surface area contributed by atoms with Crippen LogP contribution in [0, 0.1) is 6.92 Å². The molecule has 1 aliphatic rings. The number of aliphatic imine (C=N–C) groups is 2. The number of aliphatic carboxylic acids is 1. The second-order valence-electron chi connectivity index (χ2n) is 8.52. The third-order valence-electron chi connectivity index (χ3n) is 4.67. The van der Waals surface area contributed by atoms with Crippen LogP contribution in [0.3, 0.4) is 0 Å². The smallest absolute Gasteiger partial charge is 0.300 e. The Morgan fingerprint density at radius 2 is 1.45 bits per heavy atom. The zero-order valence-corrected chi connectivity index (χ0v) is 19.9. The van der Waals surface area contributed by atoms with Gasteiger partial charge in [-0.1, -0.05) is 75.3 Å². The van der Waals surface area contributed by atoms with E-state index in [0.29, 0.717) is 6.54 Å². The molecule has 1 saturated heterocycles. The first kappa shape index (κ1) is 26.5. The molecule has 1 fully saturated rings. The third kappa shape index (κ3) is 13.4. The Bertz CT molecular complexity index is 707. The molecule has 1 aromatic carbocycles. The Hall–Kier alpha value is -2.57. The maximum Gasteiger partial charge on any atom is 0.300 e. The predicted molar refractivity (Wildman–Crippen MR) is 129 cm³/mol. The number of nitrogens with one attached hydrogen (secondary N) is 3. The van der Waals surface area contributed by atoms with Crippen molar-refractivity contribution >= 4 is 17.9 Å². The molecule has 0 spiro atoms. The van der Waals surface area contributed by atoms with Crippen LogP contribution in [0.1, 0.15) is 83.8 Å². The highest BCUT2D eigenvalue weighted by Gasteiger charge is 2.26. The van der Waals surface area contributed by atoms with Gasteiger partial charge < -0.3 is 15.7 Å². The van der Waals surface area contributed by atoms with E-state index in [1.54, 1.807) is 0 Å². The van der Waals surface area contributed by atoms with Crippen molar-refractivity contribution in [3.8, 4) is 0 Å². The Labute approximate surface area is 187 Å². The number of carboxylic acid groups (broad SMARTS) is 1. The summed E-state index contributed by atoms with van der Waals surface area (Å²) >= 11 is 0. The molecule has 1 aliphatic heterocycles. The molecular weight excluding hydrogens is 390 g/mol. The van der Waals surface area contributed by atoms with Crippen LogP contribution >= 0.6 is 0 Å². The molecule has 0 amide bonds. The number of guanidine groups is 2. The zero-order valence-electron chi connectivity index (χ0n) is 19.9. The summed E-state index contributed by atoms with van der Waals surface area (Å²) in [4.78, 5) is 18.4. The minimum Gasteiger partial charge on any atom is -0.481 e. The molecule has 2 rings (SSSR count). The van der Waals surface area contributed by atoms with Crippen molar-refractivity contribution in [3.05, 3.63) is 35.4 Å². The first-order valence-corrected chi connectivity index (χ1v) is 11.4. The van der Waals surface area contributed by atoms with Crippen LogP contribution < -0.4 is 16.0 Å². The first-order valence-electron chi connectivity index (χ1n) is 11.4. The van der Waals surface area contributed by atoms with Crippen LogP contribution in [0.5, 0.6) is 0 Å². The van der Waals surface area contributed by atoms with Crippen LogP contribution in [0.15, 0.2) is 34.3 Å². The van der Waals surface area contributed by atoms with Crippen molar-refractivity contribution in [2.45, 2.75) is 91.8 Å². The summed E-state index contributed by atoms with van der Waals surface area (Å²) < 4.78 is 0. The van der Waals surface area contributed by atoms with Crippen LogP contribution in [-0.2, 0) is 11.3 Å². The molecule has 7 heteroatoms. The largest absolute Gasteiger partial charge is 0.481 e. The monoisotopic (exact) mass is 431 g/mol. The van der Waals surface area contributed by atoms with Crippen molar-refractivity contribution < 1.29 is 9.90 Å². The number of hydrogen-bond acceptors (Lipinski definition) is 3. The lowest BCUT2D eigenvalue weighted by Crippen LogP contribution is -2.68. The van der Waals surface area contributed by atoms with Gasteiger partial charge in [0.2, 0.25) is 0 Å². The molecule has 1 aromatic rings. The summed E-state index contributed by atoms with van der Waals surface area (Å²) in [5, 5.41) is 17.5. The number of rotatable bonds is 10. The summed E-state index contributed by atoms with van der Waals surface area (Å²) in [5.41, 5.74) is 2.20. The van der Waals surface area contributed by atoms with E-state index >= 15 is 0 Å². The highest BCUT2D eigenvalue weighted by Crippen LogP contribution is 2.08. The Kier molecular flexibility index (Phi) is 12.3. The molecule has 31 heavy (non-hydrogen) atoms. The van der Waals surface area contributed by atoms with Gasteiger partial charge in [-0.2, -0.15) is 0 Å². The van der Waals surface area contributed by atoms with Crippen molar-refractivity contribution in [2.24, 2.45) is 9.98 Å². The Balaban J connectivity index is 0.00000110. The van der Waals surface area contributed by atoms with Crippen LogP contribution in [0.25, 0.3) is 0 Å². The Morgan fingerprint density at radius 1 is 0.935 bits per heavy atom.